The molecule has 0 unspecified atom stereocenters. The Kier molecular flexibility index (Phi) is 3.46. The lowest BCUT2D eigenvalue weighted by atomic mass is 10.0. The average Bonchev–Trinajstić information content (AvgIpc) is 3.27. The third kappa shape index (κ3) is 2.45. The molecule has 1 aliphatic rings. The van der Waals surface area contributed by atoms with E-state index in [2.05, 4.69) is 28.5 Å². The van der Waals surface area contributed by atoms with Crippen LogP contribution >= 0.6 is 11.3 Å². The van der Waals surface area contributed by atoms with E-state index in [1.54, 1.807) is 22.3 Å². The predicted octanol–water partition coefficient (Wildman–Crippen LogP) is 3.09. The van der Waals surface area contributed by atoms with Crippen LogP contribution in [0.1, 0.15) is 33.8 Å². The second-order valence-corrected chi connectivity index (χ2v) is 6.61. The molecule has 2 aromatic heterocycles. The minimum atomic E-state index is 0.0829. The summed E-state index contributed by atoms with van der Waals surface area (Å²) in [5.41, 5.74) is 2.89. The number of amides is 1. The lowest BCUT2D eigenvalue weighted by Crippen LogP contribution is -2.38. The summed E-state index contributed by atoms with van der Waals surface area (Å²) in [4.78, 5) is 20.1. The molecule has 3 aromatic rings. The Labute approximate surface area is 138 Å². The van der Waals surface area contributed by atoms with Crippen molar-refractivity contribution in [1.29, 1.82) is 0 Å². The molecule has 5 nitrogen and oxygen atoms in total. The fraction of sp³-hybridized carbons (Fsp3) is 0.235. The second-order valence-electron chi connectivity index (χ2n) is 5.61. The number of carbonyl (C=O) groups excluding carboxylic acids is 1. The number of hydrogen-bond donors (Lipinski definition) is 0. The number of carbonyl (C=O) groups is 1. The summed E-state index contributed by atoms with van der Waals surface area (Å²) in [5.74, 6) is 0.0829. The summed E-state index contributed by atoms with van der Waals surface area (Å²) < 4.78 is 1.68. The standard InChI is InChI=1S/C17H16N4OS/c1-12-15-7-9-23-16(15)6-8-20(12)17(22)13-2-4-14(5-3-13)21-11-18-10-19-21/h2-5,7,9-12H,6,8H2,1H3/t12-/m0/s1. The zero-order chi connectivity index (χ0) is 15.8. The van der Waals surface area contributed by atoms with Gasteiger partial charge in [-0.25, -0.2) is 9.67 Å². The Morgan fingerprint density at radius 3 is 2.83 bits per heavy atom. The quantitative estimate of drug-likeness (QED) is 0.728. The molecule has 0 spiro atoms. The third-order valence-corrected chi connectivity index (χ3v) is 5.33. The van der Waals surface area contributed by atoms with Crippen LogP contribution in [0.2, 0.25) is 0 Å². The van der Waals surface area contributed by atoms with Gasteiger partial charge < -0.3 is 4.90 Å². The first-order valence-electron chi connectivity index (χ1n) is 7.56. The Morgan fingerprint density at radius 1 is 1.26 bits per heavy atom. The molecular formula is C17H16N4OS. The average molecular weight is 324 g/mol. The van der Waals surface area contributed by atoms with Crippen LogP contribution in [0.4, 0.5) is 0 Å². The van der Waals surface area contributed by atoms with E-state index in [-0.39, 0.29) is 11.9 Å². The molecule has 1 aliphatic heterocycles. The van der Waals surface area contributed by atoms with Gasteiger partial charge >= 0.3 is 0 Å². The van der Waals surface area contributed by atoms with Crippen LogP contribution in [0.5, 0.6) is 0 Å². The molecule has 0 N–H and O–H groups in total. The Balaban J connectivity index is 1.58. The van der Waals surface area contributed by atoms with E-state index in [1.807, 2.05) is 29.2 Å². The van der Waals surface area contributed by atoms with Crippen molar-refractivity contribution in [2.24, 2.45) is 0 Å². The van der Waals surface area contributed by atoms with Crippen LogP contribution in [-0.2, 0) is 6.42 Å². The number of hydrogen-bond acceptors (Lipinski definition) is 4. The van der Waals surface area contributed by atoms with Crippen molar-refractivity contribution in [2.75, 3.05) is 6.54 Å². The van der Waals surface area contributed by atoms with Gasteiger partial charge in [-0.05, 0) is 54.6 Å². The van der Waals surface area contributed by atoms with E-state index >= 15 is 0 Å². The molecule has 0 radical (unpaired) electrons. The monoisotopic (exact) mass is 324 g/mol. The fourth-order valence-corrected chi connectivity index (χ4v) is 4.01. The van der Waals surface area contributed by atoms with Gasteiger partial charge in [0.1, 0.15) is 12.7 Å². The number of benzene rings is 1. The number of aromatic nitrogens is 3. The summed E-state index contributed by atoms with van der Waals surface area (Å²) >= 11 is 1.79. The SMILES string of the molecule is C[C@H]1c2ccsc2CCN1C(=O)c1ccc(-n2cncn2)cc1. The molecule has 1 aromatic carbocycles. The first-order valence-corrected chi connectivity index (χ1v) is 8.44. The summed E-state index contributed by atoms with van der Waals surface area (Å²) in [5, 5.41) is 6.21. The van der Waals surface area contributed by atoms with Crippen LogP contribution in [0.25, 0.3) is 5.69 Å². The normalized spacial score (nSPS) is 17.1. The minimum Gasteiger partial charge on any atom is -0.331 e. The zero-order valence-corrected chi connectivity index (χ0v) is 13.5. The molecule has 23 heavy (non-hydrogen) atoms. The van der Waals surface area contributed by atoms with Gasteiger partial charge in [0.2, 0.25) is 0 Å². The smallest absolute Gasteiger partial charge is 0.254 e. The van der Waals surface area contributed by atoms with Crippen LogP contribution < -0.4 is 0 Å². The molecule has 0 bridgehead atoms. The molecule has 4 rings (SSSR count). The molecule has 3 heterocycles. The number of nitrogens with zero attached hydrogens (tertiary/aromatic N) is 4. The van der Waals surface area contributed by atoms with Crippen LogP contribution in [-0.4, -0.2) is 32.1 Å². The van der Waals surface area contributed by atoms with Crippen molar-refractivity contribution < 1.29 is 4.79 Å². The molecular weight excluding hydrogens is 308 g/mol. The maximum atomic E-state index is 12.8. The number of fused-ring (bicyclic) bond motifs is 1. The Bertz CT molecular complexity index is 823. The summed E-state index contributed by atoms with van der Waals surface area (Å²) in [6, 6.07) is 9.77. The van der Waals surface area contributed by atoms with Crippen molar-refractivity contribution in [3.05, 3.63) is 64.4 Å². The van der Waals surface area contributed by atoms with E-state index in [9.17, 15) is 4.79 Å². The van der Waals surface area contributed by atoms with Gasteiger partial charge in [0, 0.05) is 17.0 Å². The molecule has 1 atom stereocenters. The van der Waals surface area contributed by atoms with Gasteiger partial charge in [-0.1, -0.05) is 0 Å². The van der Waals surface area contributed by atoms with Crippen molar-refractivity contribution in [2.45, 2.75) is 19.4 Å². The molecule has 0 fully saturated rings. The Morgan fingerprint density at radius 2 is 2.09 bits per heavy atom. The van der Waals surface area contributed by atoms with Crippen LogP contribution in [0, 0.1) is 0 Å². The van der Waals surface area contributed by atoms with Gasteiger partial charge in [0.05, 0.1) is 11.7 Å². The molecule has 1 amide bonds. The summed E-state index contributed by atoms with van der Waals surface area (Å²) in [7, 11) is 0. The first kappa shape index (κ1) is 14.1. The minimum absolute atomic E-state index is 0.0829. The highest BCUT2D eigenvalue weighted by molar-refractivity contribution is 7.10. The lowest BCUT2D eigenvalue weighted by Gasteiger charge is -2.33. The zero-order valence-electron chi connectivity index (χ0n) is 12.7. The van der Waals surface area contributed by atoms with E-state index in [4.69, 9.17) is 0 Å². The van der Waals surface area contributed by atoms with Crippen molar-refractivity contribution in [1.82, 2.24) is 19.7 Å². The first-order chi connectivity index (χ1) is 11.2. The second kappa shape index (κ2) is 5.62. The van der Waals surface area contributed by atoms with E-state index in [0.717, 1.165) is 18.7 Å². The van der Waals surface area contributed by atoms with Crippen LogP contribution in [0.15, 0.2) is 48.4 Å². The molecule has 0 saturated heterocycles. The largest absolute Gasteiger partial charge is 0.331 e. The van der Waals surface area contributed by atoms with E-state index in [1.165, 1.54) is 16.8 Å². The van der Waals surface area contributed by atoms with Crippen molar-refractivity contribution in [3.63, 3.8) is 0 Å². The third-order valence-electron chi connectivity index (χ3n) is 4.34. The van der Waals surface area contributed by atoms with Crippen molar-refractivity contribution in [3.8, 4) is 5.69 Å². The van der Waals surface area contributed by atoms with Gasteiger partial charge in [-0.3, -0.25) is 4.79 Å². The fourth-order valence-electron chi connectivity index (χ4n) is 3.05. The molecule has 0 saturated carbocycles. The van der Waals surface area contributed by atoms with Crippen LogP contribution in [0.3, 0.4) is 0 Å². The van der Waals surface area contributed by atoms with Gasteiger partial charge in [-0.15, -0.1) is 11.3 Å². The Hall–Kier alpha value is -2.47. The topological polar surface area (TPSA) is 51.0 Å². The molecule has 0 aliphatic carbocycles. The highest BCUT2D eigenvalue weighted by Crippen LogP contribution is 2.33. The maximum Gasteiger partial charge on any atom is 0.254 e. The number of rotatable bonds is 2. The predicted molar refractivity (Wildman–Crippen MR) is 88.8 cm³/mol. The number of thiophene rings is 1. The highest BCUT2D eigenvalue weighted by atomic mass is 32.1. The molecule has 116 valence electrons. The van der Waals surface area contributed by atoms with Gasteiger partial charge in [0.15, 0.2) is 0 Å². The van der Waals surface area contributed by atoms with Crippen molar-refractivity contribution >= 4 is 17.2 Å². The highest BCUT2D eigenvalue weighted by Gasteiger charge is 2.28. The van der Waals surface area contributed by atoms with E-state index < -0.39 is 0 Å². The van der Waals surface area contributed by atoms with Gasteiger partial charge in [0.25, 0.3) is 5.91 Å². The lowest BCUT2D eigenvalue weighted by molar-refractivity contribution is 0.0679. The maximum absolute atomic E-state index is 12.8. The molecule has 6 heteroatoms. The summed E-state index contributed by atoms with van der Waals surface area (Å²) in [6.07, 6.45) is 4.08. The van der Waals surface area contributed by atoms with Gasteiger partial charge in [-0.2, -0.15) is 5.10 Å². The summed E-state index contributed by atoms with van der Waals surface area (Å²) in [6.45, 7) is 2.88. The van der Waals surface area contributed by atoms with E-state index in [0.29, 0.717) is 5.56 Å².